The van der Waals surface area contributed by atoms with Gasteiger partial charge in [-0.05, 0) is 23.8 Å². The van der Waals surface area contributed by atoms with E-state index in [0.717, 1.165) is 28.9 Å². The summed E-state index contributed by atoms with van der Waals surface area (Å²) in [6, 6.07) is 5.87. The highest BCUT2D eigenvalue weighted by Gasteiger charge is 2.05. The molecule has 2 N–H and O–H groups in total. The number of ether oxygens (including phenoxy) is 1. The molecule has 1 amide bonds. The predicted molar refractivity (Wildman–Crippen MR) is 80.2 cm³/mol. The van der Waals surface area contributed by atoms with Crippen LogP contribution in [-0.2, 0) is 11.3 Å². The number of carbonyl (C=O) groups excluding carboxylic acids is 1. The van der Waals surface area contributed by atoms with E-state index in [1.54, 1.807) is 7.11 Å². The minimum atomic E-state index is 0.0347. The predicted octanol–water partition coefficient (Wildman–Crippen LogP) is 2.32. The Labute approximate surface area is 123 Å². The number of carbonyl (C=O) groups is 1. The van der Waals surface area contributed by atoms with E-state index < -0.39 is 0 Å². The van der Waals surface area contributed by atoms with Crippen LogP contribution < -0.4 is 15.4 Å². The normalized spacial score (nSPS) is 10.6. The van der Waals surface area contributed by atoms with E-state index in [2.05, 4.69) is 26.6 Å². The van der Waals surface area contributed by atoms with Crippen LogP contribution in [0.1, 0.15) is 19.4 Å². The van der Waals surface area contributed by atoms with Gasteiger partial charge in [0, 0.05) is 30.0 Å². The van der Waals surface area contributed by atoms with Crippen molar-refractivity contribution in [1.29, 1.82) is 0 Å². The van der Waals surface area contributed by atoms with Crippen LogP contribution in [0, 0.1) is 5.92 Å². The number of benzene rings is 1. The Morgan fingerprint density at radius 1 is 1.37 bits per heavy atom. The van der Waals surface area contributed by atoms with Crippen LogP contribution in [0.25, 0.3) is 0 Å². The number of halogens is 1. The summed E-state index contributed by atoms with van der Waals surface area (Å²) in [5, 5.41) is 6.16. The summed E-state index contributed by atoms with van der Waals surface area (Å²) in [6.45, 7) is 5.88. The van der Waals surface area contributed by atoms with E-state index in [-0.39, 0.29) is 11.8 Å². The third-order valence-corrected chi connectivity index (χ3v) is 3.47. The highest BCUT2D eigenvalue weighted by atomic mass is 79.9. The number of rotatable bonds is 7. The van der Waals surface area contributed by atoms with Crippen molar-refractivity contribution in [3.05, 3.63) is 28.2 Å². The Balaban J connectivity index is 2.31. The summed E-state index contributed by atoms with van der Waals surface area (Å²) in [5.74, 6) is 0.963. The molecule has 0 aliphatic rings. The van der Waals surface area contributed by atoms with Crippen LogP contribution in [0.2, 0.25) is 0 Å². The second-order valence-electron chi connectivity index (χ2n) is 4.58. The van der Waals surface area contributed by atoms with Crippen LogP contribution >= 0.6 is 15.9 Å². The van der Waals surface area contributed by atoms with Crippen molar-refractivity contribution in [1.82, 2.24) is 10.6 Å². The molecular formula is C14H21BrN2O2. The minimum Gasteiger partial charge on any atom is -0.497 e. The fourth-order valence-corrected chi connectivity index (χ4v) is 1.90. The summed E-state index contributed by atoms with van der Waals surface area (Å²) in [4.78, 5) is 11.4. The zero-order chi connectivity index (χ0) is 14.3. The van der Waals surface area contributed by atoms with Gasteiger partial charge in [0.1, 0.15) is 5.75 Å². The van der Waals surface area contributed by atoms with Gasteiger partial charge in [-0.15, -0.1) is 0 Å². The average Bonchev–Trinajstić information content (AvgIpc) is 2.39. The fourth-order valence-electron chi connectivity index (χ4n) is 1.51. The van der Waals surface area contributed by atoms with Crippen molar-refractivity contribution >= 4 is 21.8 Å². The molecule has 0 heterocycles. The van der Waals surface area contributed by atoms with E-state index in [9.17, 15) is 4.79 Å². The molecule has 1 aromatic rings. The molecule has 0 radical (unpaired) electrons. The molecule has 5 heteroatoms. The quantitative estimate of drug-likeness (QED) is 0.755. The van der Waals surface area contributed by atoms with E-state index in [1.807, 2.05) is 32.0 Å². The molecule has 0 aromatic heterocycles. The summed E-state index contributed by atoms with van der Waals surface area (Å²) >= 11 is 3.51. The third kappa shape index (κ3) is 5.61. The van der Waals surface area contributed by atoms with Crippen LogP contribution in [-0.4, -0.2) is 26.1 Å². The van der Waals surface area contributed by atoms with Gasteiger partial charge in [-0.1, -0.05) is 29.8 Å². The summed E-state index contributed by atoms with van der Waals surface area (Å²) in [5.41, 5.74) is 1.13. The monoisotopic (exact) mass is 328 g/mol. The van der Waals surface area contributed by atoms with Crippen molar-refractivity contribution in [2.45, 2.75) is 20.4 Å². The lowest BCUT2D eigenvalue weighted by molar-refractivity contribution is -0.123. The highest BCUT2D eigenvalue weighted by molar-refractivity contribution is 9.10. The second kappa shape index (κ2) is 8.17. The minimum absolute atomic E-state index is 0.0347. The fraction of sp³-hybridized carbons (Fsp3) is 0.500. The molecule has 1 rings (SSSR count). The van der Waals surface area contributed by atoms with Crippen molar-refractivity contribution in [3.8, 4) is 5.75 Å². The molecule has 0 aliphatic carbocycles. The van der Waals surface area contributed by atoms with Crippen molar-refractivity contribution in [2.75, 3.05) is 20.2 Å². The Bertz CT molecular complexity index is 422. The molecule has 0 bridgehead atoms. The molecule has 1 aromatic carbocycles. The van der Waals surface area contributed by atoms with Gasteiger partial charge in [-0.3, -0.25) is 4.79 Å². The first-order valence-corrected chi connectivity index (χ1v) is 7.14. The number of methoxy groups -OCH3 is 1. The van der Waals surface area contributed by atoms with Gasteiger partial charge < -0.3 is 15.4 Å². The number of amides is 1. The van der Waals surface area contributed by atoms with Gasteiger partial charge in [0.25, 0.3) is 0 Å². The van der Waals surface area contributed by atoms with E-state index in [4.69, 9.17) is 4.74 Å². The van der Waals surface area contributed by atoms with Crippen molar-refractivity contribution in [3.63, 3.8) is 0 Å². The van der Waals surface area contributed by atoms with Gasteiger partial charge in [-0.2, -0.15) is 0 Å². The molecule has 0 aliphatic heterocycles. The second-order valence-corrected chi connectivity index (χ2v) is 5.43. The third-order valence-electron chi connectivity index (χ3n) is 2.69. The lowest BCUT2D eigenvalue weighted by Crippen LogP contribution is -2.34. The Kier molecular flexibility index (Phi) is 6.87. The smallest absolute Gasteiger partial charge is 0.222 e. The molecule has 0 unspecified atom stereocenters. The molecule has 0 saturated heterocycles. The van der Waals surface area contributed by atoms with E-state index in [1.165, 1.54) is 0 Å². The van der Waals surface area contributed by atoms with Crippen molar-refractivity contribution < 1.29 is 9.53 Å². The van der Waals surface area contributed by atoms with Crippen LogP contribution in [0.4, 0.5) is 0 Å². The average molecular weight is 329 g/mol. The maximum Gasteiger partial charge on any atom is 0.222 e. The van der Waals surface area contributed by atoms with Gasteiger partial charge >= 0.3 is 0 Å². The first-order chi connectivity index (χ1) is 9.04. The number of hydrogen-bond donors (Lipinski definition) is 2. The highest BCUT2D eigenvalue weighted by Crippen LogP contribution is 2.22. The SMILES string of the molecule is COc1ccc(Br)c(CNCCNC(=O)C(C)C)c1. The zero-order valence-corrected chi connectivity index (χ0v) is 13.2. The molecule has 0 atom stereocenters. The standard InChI is InChI=1S/C14H21BrN2O2/c1-10(2)14(18)17-7-6-16-9-11-8-12(19-3)4-5-13(11)15/h4-5,8,10,16H,6-7,9H2,1-3H3,(H,17,18). The zero-order valence-electron chi connectivity index (χ0n) is 11.6. The topological polar surface area (TPSA) is 50.4 Å². The Morgan fingerprint density at radius 2 is 2.11 bits per heavy atom. The largest absolute Gasteiger partial charge is 0.497 e. The van der Waals surface area contributed by atoms with Crippen LogP contribution in [0.5, 0.6) is 5.75 Å². The van der Waals surface area contributed by atoms with Crippen LogP contribution in [0.15, 0.2) is 22.7 Å². The first kappa shape index (κ1) is 16.0. The maximum atomic E-state index is 11.4. The molecule has 4 nitrogen and oxygen atoms in total. The lowest BCUT2D eigenvalue weighted by atomic mass is 10.2. The van der Waals surface area contributed by atoms with Crippen LogP contribution in [0.3, 0.4) is 0 Å². The van der Waals surface area contributed by atoms with E-state index in [0.29, 0.717) is 6.54 Å². The molecule has 106 valence electrons. The summed E-state index contributed by atoms with van der Waals surface area (Å²) in [6.07, 6.45) is 0. The molecule has 19 heavy (non-hydrogen) atoms. The number of hydrogen-bond acceptors (Lipinski definition) is 3. The lowest BCUT2D eigenvalue weighted by Gasteiger charge is -2.10. The van der Waals surface area contributed by atoms with E-state index >= 15 is 0 Å². The van der Waals surface area contributed by atoms with Gasteiger partial charge in [0.15, 0.2) is 0 Å². The first-order valence-electron chi connectivity index (χ1n) is 6.35. The molecule has 0 spiro atoms. The Hall–Kier alpha value is -1.07. The molecular weight excluding hydrogens is 308 g/mol. The van der Waals surface area contributed by atoms with Gasteiger partial charge in [0.05, 0.1) is 7.11 Å². The van der Waals surface area contributed by atoms with Gasteiger partial charge in [-0.25, -0.2) is 0 Å². The summed E-state index contributed by atoms with van der Waals surface area (Å²) in [7, 11) is 1.65. The Morgan fingerprint density at radius 3 is 2.74 bits per heavy atom. The molecule has 0 saturated carbocycles. The molecule has 0 fully saturated rings. The maximum absolute atomic E-state index is 11.4. The van der Waals surface area contributed by atoms with Crippen molar-refractivity contribution in [2.24, 2.45) is 5.92 Å². The van der Waals surface area contributed by atoms with Gasteiger partial charge in [0.2, 0.25) is 5.91 Å². The number of nitrogens with one attached hydrogen (secondary N) is 2. The summed E-state index contributed by atoms with van der Waals surface area (Å²) < 4.78 is 6.24.